The van der Waals surface area contributed by atoms with Crippen molar-refractivity contribution in [2.45, 2.75) is 56.8 Å². The molecular formula is C26H31NO2. The van der Waals surface area contributed by atoms with Crippen LogP contribution in [0.2, 0.25) is 0 Å². The first kappa shape index (κ1) is 18.7. The van der Waals surface area contributed by atoms with Crippen molar-refractivity contribution in [2.24, 2.45) is 17.8 Å². The summed E-state index contributed by atoms with van der Waals surface area (Å²) in [6.45, 7) is 0.656. The van der Waals surface area contributed by atoms with Gasteiger partial charge in [-0.1, -0.05) is 42.5 Å². The van der Waals surface area contributed by atoms with E-state index in [-0.39, 0.29) is 11.3 Å². The maximum atomic E-state index is 12.5. The van der Waals surface area contributed by atoms with Gasteiger partial charge < -0.3 is 10.4 Å². The highest BCUT2D eigenvalue weighted by atomic mass is 16.3. The van der Waals surface area contributed by atoms with Crippen LogP contribution in [0, 0.1) is 17.8 Å². The lowest BCUT2D eigenvalue weighted by atomic mass is 9.48. The third-order valence-corrected chi connectivity index (χ3v) is 7.61. The van der Waals surface area contributed by atoms with E-state index in [4.69, 9.17) is 0 Å². The Balaban J connectivity index is 1.26. The third-order valence-electron chi connectivity index (χ3n) is 7.61. The summed E-state index contributed by atoms with van der Waals surface area (Å²) in [6.07, 6.45) is 9.07. The first-order valence-corrected chi connectivity index (χ1v) is 11.2. The van der Waals surface area contributed by atoms with Gasteiger partial charge in [0.1, 0.15) is 5.75 Å². The zero-order valence-electron chi connectivity index (χ0n) is 17.1. The van der Waals surface area contributed by atoms with Crippen LogP contribution in [0.5, 0.6) is 5.75 Å². The lowest BCUT2D eigenvalue weighted by molar-refractivity contribution is -0.120. The number of hydrogen-bond acceptors (Lipinski definition) is 2. The Bertz CT molecular complexity index is 854. The van der Waals surface area contributed by atoms with Crippen molar-refractivity contribution in [3.05, 3.63) is 65.2 Å². The Morgan fingerprint density at radius 1 is 0.931 bits per heavy atom. The number of phenolic OH excluding ortho intramolecular Hbond substituents is 1. The molecule has 2 N–H and O–H groups in total. The average Bonchev–Trinajstić information content (AvgIpc) is 2.69. The Morgan fingerprint density at radius 3 is 2.24 bits per heavy atom. The minimum absolute atomic E-state index is 0.0584. The normalized spacial score (nSPS) is 29.7. The number of rotatable bonds is 6. The molecule has 4 aliphatic rings. The van der Waals surface area contributed by atoms with Gasteiger partial charge in [0.2, 0.25) is 5.91 Å². The van der Waals surface area contributed by atoms with E-state index in [1.807, 2.05) is 30.3 Å². The zero-order chi connectivity index (χ0) is 19.8. The van der Waals surface area contributed by atoms with Crippen molar-refractivity contribution in [1.82, 2.24) is 5.32 Å². The molecule has 0 spiro atoms. The second-order valence-electron chi connectivity index (χ2n) is 9.81. The van der Waals surface area contributed by atoms with Crippen molar-refractivity contribution in [2.75, 3.05) is 6.54 Å². The van der Waals surface area contributed by atoms with Gasteiger partial charge in [0.05, 0.1) is 6.42 Å². The van der Waals surface area contributed by atoms with Crippen LogP contribution in [0.1, 0.15) is 55.2 Å². The molecule has 6 rings (SSSR count). The smallest absolute Gasteiger partial charge is 0.224 e. The van der Waals surface area contributed by atoms with Crippen LogP contribution in [-0.4, -0.2) is 17.6 Å². The van der Waals surface area contributed by atoms with Crippen LogP contribution < -0.4 is 5.32 Å². The highest BCUT2D eigenvalue weighted by Crippen LogP contribution is 2.61. The van der Waals surface area contributed by atoms with Crippen LogP contribution in [0.4, 0.5) is 0 Å². The summed E-state index contributed by atoms with van der Waals surface area (Å²) in [4.78, 5) is 12.5. The van der Waals surface area contributed by atoms with Crippen molar-refractivity contribution in [1.29, 1.82) is 0 Å². The van der Waals surface area contributed by atoms with E-state index in [2.05, 4.69) is 23.5 Å². The molecule has 4 aliphatic carbocycles. The number of phenols is 1. The maximum Gasteiger partial charge on any atom is 0.224 e. The van der Waals surface area contributed by atoms with Crippen molar-refractivity contribution in [3.63, 3.8) is 0 Å². The molecule has 4 fully saturated rings. The van der Waals surface area contributed by atoms with Crippen LogP contribution in [0.3, 0.4) is 0 Å². The minimum atomic E-state index is 0.0584. The molecule has 152 valence electrons. The van der Waals surface area contributed by atoms with E-state index >= 15 is 0 Å². The lowest BCUT2D eigenvalue weighted by Crippen LogP contribution is -2.48. The molecule has 3 nitrogen and oxygen atoms in total. The Hall–Kier alpha value is -2.29. The number of amides is 1. The van der Waals surface area contributed by atoms with Gasteiger partial charge in [-0.15, -0.1) is 0 Å². The molecule has 29 heavy (non-hydrogen) atoms. The predicted molar refractivity (Wildman–Crippen MR) is 115 cm³/mol. The minimum Gasteiger partial charge on any atom is -0.508 e. The second kappa shape index (κ2) is 7.51. The number of carbonyl (C=O) groups is 1. The molecule has 0 aliphatic heterocycles. The molecule has 4 saturated carbocycles. The fourth-order valence-electron chi connectivity index (χ4n) is 6.80. The summed E-state index contributed by atoms with van der Waals surface area (Å²) in [5, 5.41) is 13.7. The van der Waals surface area contributed by atoms with Gasteiger partial charge in [0.15, 0.2) is 0 Å². The van der Waals surface area contributed by atoms with Gasteiger partial charge in [-0.3, -0.25) is 4.79 Å². The maximum absolute atomic E-state index is 12.5. The van der Waals surface area contributed by atoms with E-state index in [1.54, 1.807) is 0 Å². The van der Waals surface area contributed by atoms with Crippen LogP contribution in [0.25, 0.3) is 0 Å². The Kier molecular flexibility index (Phi) is 4.85. The molecule has 1 amide bonds. The van der Waals surface area contributed by atoms with Gasteiger partial charge in [-0.25, -0.2) is 0 Å². The van der Waals surface area contributed by atoms with Gasteiger partial charge in [-0.05, 0) is 85.3 Å². The van der Waals surface area contributed by atoms with Crippen molar-refractivity contribution < 1.29 is 9.90 Å². The van der Waals surface area contributed by atoms with Crippen LogP contribution in [-0.2, 0) is 23.1 Å². The first-order chi connectivity index (χ1) is 14.1. The van der Waals surface area contributed by atoms with Crippen molar-refractivity contribution in [3.8, 4) is 5.75 Å². The molecule has 2 aromatic rings. The predicted octanol–water partition coefficient (Wildman–Crippen LogP) is 4.76. The second-order valence-corrected chi connectivity index (χ2v) is 9.81. The third kappa shape index (κ3) is 3.80. The Morgan fingerprint density at radius 2 is 1.59 bits per heavy atom. The molecular weight excluding hydrogens is 358 g/mol. The van der Waals surface area contributed by atoms with Gasteiger partial charge in [0, 0.05) is 12.1 Å². The van der Waals surface area contributed by atoms with Crippen molar-refractivity contribution >= 4 is 5.91 Å². The summed E-state index contributed by atoms with van der Waals surface area (Å²) >= 11 is 0. The molecule has 0 radical (unpaired) electrons. The highest BCUT2D eigenvalue weighted by Gasteiger charge is 2.52. The molecule has 0 heterocycles. The van der Waals surface area contributed by atoms with Gasteiger partial charge in [-0.2, -0.15) is 0 Å². The number of nitrogens with one attached hydrogen (secondary N) is 1. The van der Waals surface area contributed by atoms with Crippen LogP contribution in [0.15, 0.2) is 48.5 Å². The monoisotopic (exact) mass is 389 g/mol. The van der Waals surface area contributed by atoms with E-state index < -0.39 is 0 Å². The largest absolute Gasteiger partial charge is 0.508 e. The molecule has 2 aromatic carbocycles. The topological polar surface area (TPSA) is 49.3 Å². The fraction of sp³-hybridized carbons (Fsp3) is 0.500. The molecule has 0 aromatic heterocycles. The summed E-state index contributed by atoms with van der Waals surface area (Å²) < 4.78 is 0. The summed E-state index contributed by atoms with van der Waals surface area (Å²) in [5.41, 5.74) is 3.53. The SMILES string of the molecule is O=C(Cc1ccc(O)c(C23CC4CC(CC(C4)C2)C3)c1)NCCc1ccccc1. The number of benzene rings is 2. The average molecular weight is 390 g/mol. The molecule has 0 saturated heterocycles. The summed E-state index contributed by atoms with van der Waals surface area (Å²) in [7, 11) is 0. The number of carbonyl (C=O) groups excluding carboxylic acids is 1. The lowest BCUT2D eigenvalue weighted by Gasteiger charge is -2.57. The first-order valence-electron chi connectivity index (χ1n) is 11.2. The van der Waals surface area contributed by atoms with E-state index in [0.29, 0.717) is 18.7 Å². The fourth-order valence-corrected chi connectivity index (χ4v) is 6.80. The van der Waals surface area contributed by atoms with E-state index in [1.165, 1.54) is 44.1 Å². The van der Waals surface area contributed by atoms with Gasteiger partial charge in [0.25, 0.3) is 0 Å². The van der Waals surface area contributed by atoms with E-state index in [9.17, 15) is 9.90 Å². The number of aromatic hydroxyl groups is 1. The zero-order valence-corrected chi connectivity index (χ0v) is 17.1. The molecule has 4 bridgehead atoms. The quantitative estimate of drug-likeness (QED) is 0.748. The summed E-state index contributed by atoms with van der Waals surface area (Å²) in [5.74, 6) is 3.00. The summed E-state index contributed by atoms with van der Waals surface area (Å²) in [6, 6.07) is 16.1. The molecule has 0 atom stereocenters. The molecule has 3 heteroatoms. The molecule has 0 unspecified atom stereocenters. The van der Waals surface area contributed by atoms with Gasteiger partial charge >= 0.3 is 0 Å². The number of hydrogen-bond donors (Lipinski definition) is 2. The highest BCUT2D eigenvalue weighted by molar-refractivity contribution is 5.78. The Labute approximate surface area is 173 Å². The standard InChI is InChI=1S/C26H31NO2/c28-24-7-6-19(14-25(29)27-9-8-18-4-2-1-3-5-18)13-23(24)26-15-20-10-21(16-26)12-22(11-20)17-26/h1-7,13,20-22,28H,8-12,14-17H2,(H,27,29). The van der Waals surface area contributed by atoms with Crippen LogP contribution >= 0.6 is 0 Å². The van der Waals surface area contributed by atoms with E-state index in [0.717, 1.165) is 35.3 Å².